The fourth-order valence-electron chi connectivity index (χ4n) is 6.93. The van der Waals surface area contributed by atoms with Gasteiger partial charge in [-0.1, -0.05) is 6.07 Å². The summed E-state index contributed by atoms with van der Waals surface area (Å²) in [7, 11) is 0. The van der Waals surface area contributed by atoms with Gasteiger partial charge in [0.2, 0.25) is 17.7 Å². The molecule has 1 aromatic carbocycles. The minimum Gasteiger partial charge on any atom is -0.460 e. The molecule has 1 N–H and O–H groups in total. The molecule has 2 atom stereocenters. The Morgan fingerprint density at radius 1 is 1.08 bits per heavy atom. The van der Waals surface area contributed by atoms with Crippen molar-refractivity contribution < 1.29 is 23.9 Å². The minimum atomic E-state index is -0.638. The van der Waals surface area contributed by atoms with Crippen molar-refractivity contribution in [2.24, 2.45) is 5.92 Å². The molecule has 0 aromatic heterocycles. The second kappa shape index (κ2) is 8.79. The van der Waals surface area contributed by atoms with E-state index in [2.05, 4.69) is 28.1 Å². The lowest BCUT2D eigenvalue weighted by Crippen LogP contribution is -2.59. The molecule has 9 heteroatoms. The van der Waals surface area contributed by atoms with Crippen molar-refractivity contribution in [2.45, 2.75) is 95.4 Å². The van der Waals surface area contributed by atoms with Gasteiger partial charge >= 0.3 is 5.97 Å². The number of amides is 3. The van der Waals surface area contributed by atoms with Crippen molar-refractivity contribution in [2.75, 3.05) is 29.4 Å². The third kappa shape index (κ3) is 4.10. The zero-order chi connectivity index (χ0) is 27.0. The van der Waals surface area contributed by atoms with Crippen molar-refractivity contribution >= 4 is 35.1 Å². The Hall–Kier alpha value is -2.94. The fourth-order valence-corrected chi connectivity index (χ4v) is 6.93. The summed E-state index contributed by atoms with van der Waals surface area (Å²) in [6, 6.07) is 6.12. The fraction of sp³-hybridized carbons (Fsp3) is 0.655. The Morgan fingerprint density at radius 2 is 1.79 bits per heavy atom. The van der Waals surface area contributed by atoms with Gasteiger partial charge in [0.1, 0.15) is 11.6 Å². The zero-order valence-electron chi connectivity index (χ0n) is 22.8. The van der Waals surface area contributed by atoms with Crippen LogP contribution >= 0.6 is 0 Å². The van der Waals surface area contributed by atoms with E-state index in [-0.39, 0.29) is 36.0 Å². The van der Waals surface area contributed by atoms with Gasteiger partial charge in [-0.25, -0.2) is 0 Å². The summed E-state index contributed by atoms with van der Waals surface area (Å²) in [6.45, 7) is 10.5. The quantitative estimate of drug-likeness (QED) is 0.479. The zero-order valence-corrected chi connectivity index (χ0v) is 22.8. The first-order valence-corrected chi connectivity index (χ1v) is 14.0. The van der Waals surface area contributed by atoms with Crippen molar-refractivity contribution in [1.29, 1.82) is 0 Å². The molecule has 6 rings (SSSR count). The number of nitrogens with one attached hydrogen (secondary N) is 1. The van der Waals surface area contributed by atoms with E-state index in [0.717, 1.165) is 62.3 Å². The van der Waals surface area contributed by atoms with Crippen molar-refractivity contribution in [3.8, 4) is 0 Å². The molecule has 9 nitrogen and oxygen atoms in total. The number of ether oxygens (including phenoxy) is 1. The van der Waals surface area contributed by atoms with Crippen molar-refractivity contribution in [3.05, 3.63) is 23.8 Å². The number of rotatable bonds is 4. The monoisotopic (exact) mass is 522 g/mol. The maximum absolute atomic E-state index is 13.7. The second-order valence-electron chi connectivity index (χ2n) is 12.8. The van der Waals surface area contributed by atoms with E-state index in [1.807, 2.05) is 32.9 Å². The molecule has 0 bridgehead atoms. The highest BCUT2D eigenvalue weighted by molar-refractivity contribution is 6.16. The van der Waals surface area contributed by atoms with Gasteiger partial charge in [0.25, 0.3) is 0 Å². The Kier molecular flexibility index (Phi) is 5.87. The van der Waals surface area contributed by atoms with Crippen LogP contribution in [0.3, 0.4) is 0 Å². The Bertz CT molecular complexity index is 1200. The molecule has 204 valence electrons. The van der Waals surface area contributed by atoms with Crippen LogP contribution in [0.2, 0.25) is 0 Å². The van der Waals surface area contributed by atoms with E-state index < -0.39 is 17.1 Å². The van der Waals surface area contributed by atoms with Crippen LogP contribution in [0.25, 0.3) is 0 Å². The predicted octanol–water partition coefficient (Wildman–Crippen LogP) is 2.50. The van der Waals surface area contributed by atoms with Crippen molar-refractivity contribution in [1.82, 2.24) is 10.2 Å². The van der Waals surface area contributed by atoms with Crippen LogP contribution in [0.1, 0.15) is 71.8 Å². The highest BCUT2D eigenvalue weighted by Gasteiger charge is 2.62. The summed E-state index contributed by atoms with van der Waals surface area (Å²) in [5.74, 6) is -0.746. The smallest absolute Gasteiger partial charge is 0.309 e. The largest absolute Gasteiger partial charge is 0.460 e. The van der Waals surface area contributed by atoms with E-state index in [4.69, 9.17) is 4.74 Å². The molecular formula is C29H38N4O5. The number of fused-ring (bicyclic) bond motifs is 2. The number of carbonyl (C=O) groups excluding carboxylic acids is 4. The number of imide groups is 1. The normalized spacial score (nSPS) is 30.7. The number of piperazine rings is 1. The highest BCUT2D eigenvalue weighted by Crippen LogP contribution is 2.61. The lowest BCUT2D eigenvalue weighted by Gasteiger charge is -2.50. The molecule has 1 spiro atoms. The number of anilines is 2. The summed E-state index contributed by atoms with van der Waals surface area (Å²) in [6.07, 6.45) is 3.89. The van der Waals surface area contributed by atoms with E-state index in [0.29, 0.717) is 18.5 Å². The van der Waals surface area contributed by atoms with Gasteiger partial charge in [0, 0.05) is 49.4 Å². The molecule has 38 heavy (non-hydrogen) atoms. The van der Waals surface area contributed by atoms with Crippen molar-refractivity contribution in [3.63, 3.8) is 0 Å². The first-order chi connectivity index (χ1) is 18.0. The van der Waals surface area contributed by atoms with Crippen LogP contribution in [0, 0.1) is 5.92 Å². The SMILES string of the molecule is C[C@@H]1CN(c2cccc3c2C2(CC2)C(=O)N3C2CCC(=O)NC2=O)CCN1C1CC(C(=O)OC(C)(C)C)C1. The molecule has 3 amide bonds. The average Bonchev–Trinajstić information content (AvgIpc) is 3.56. The Balaban J connectivity index is 1.17. The lowest BCUT2D eigenvalue weighted by atomic mass is 9.78. The van der Waals surface area contributed by atoms with Crippen LogP contribution < -0.4 is 15.1 Å². The van der Waals surface area contributed by atoms with Gasteiger partial charge in [0.05, 0.1) is 17.0 Å². The summed E-state index contributed by atoms with van der Waals surface area (Å²) in [5, 5.41) is 2.42. The third-order valence-corrected chi connectivity index (χ3v) is 9.00. The van der Waals surface area contributed by atoms with Gasteiger partial charge in [-0.2, -0.15) is 0 Å². The first-order valence-electron chi connectivity index (χ1n) is 14.0. The Morgan fingerprint density at radius 3 is 2.42 bits per heavy atom. The maximum Gasteiger partial charge on any atom is 0.309 e. The first kappa shape index (κ1) is 25.3. The molecule has 1 unspecified atom stereocenters. The summed E-state index contributed by atoms with van der Waals surface area (Å²) in [4.78, 5) is 57.2. The van der Waals surface area contributed by atoms with Gasteiger partial charge in [-0.15, -0.1) is 0 Å². The van der Waals surface area contributed by atoms with Gasteiger partial charge < -0.3 is 9.64 Å². The Labute approximate surface area is 223 Å². The van der Waals surface area contributed by atoms with E-state index >= 15 is 0 Å². The molecule has 2 aliphatic carbocycles. The maximum atomic E-state index is 13.7. The summed E-state index contributed by atoms with van der Waals surface area (Å²) in [5.41, 5.74) is 1.99. The predicted molar refractivity (Wildman–Crippen MR) is 142 cm³/mol. The van der Waals surface area contributed by atoms with Gasteiger partial charge in [-0.3, -0.25) is 34.3 Å². The minimum absolute atomic E-state index is 0.00351. The molecule has 0 radical (unpaired) electrons. The molecule has 5 aliphatic rings. The van der Waals surface area contributed by atoms with Crippen LogP contribution in [0.5, 0.6) is 0 Å². The lowest BCUT2D eigenvalue weighted by molar-refractivity contribution is -0.166. The standard InChI is InChI=1S/C29H38N4O5/c1-17-16-31(12-13-32(17)19-14-18(15-19)26(36)38-28(2,3)4)20-6-5-7-21-24(20)29(10-11-29)27(37)33(21)22-8-9-23(34)30-25(22)35/h5-7,17-19,22H,8-16H2,1-4H3,(H,30,34,35)/t17-,18?,19?,22?/m1/s1. The average molecular weight is 523 g/mol. The second-order valence-corrected chi connectivity index (χ2v) is 12.8. The molecule has 2 saturated heterocycles. The molecule has 2 saturated carbocycles. The number of piperidine rings is 1. The van der Waals surface area contributed by atoms with Crippen LogP contribution in [-0.4, -0.2) is 72.0 Å². The highest BCUT2D eigenvalue weighted by atomic mass is 16.6. The van der Waals surface area contributed by atoms with Crippen LogP contribution in [0.15, 0.2) is 18.2 Å². The molecule has 3 aliphatic heterocycles. The summed E-state index contributed by atoms with van der Waals surface area (Å²) >= 11 is 0. The number of nitrogens with zero attached hydrogens (tertiary/aromatic N) is 3. The van der Waals surface area contributed by atoms with Gasteiger partial charge in [0.15, 0.2) is 0 Å². The van der Waals surface area contributed by atoms with Gasteiger partial charge in [-0.05, 0) is 71.9 Å². The number of esters is 1. The molecule has 3 heterocycles. The van der Waals surface area contributed by atoms with Crippen LogP contribution in [0.4, 0.5) is 11.4 Å². The summed E-state index contributed by atoms with van der Waals surface area (Å²) < 4.78 is 5.58. The number of hydrogen-bond acceptors (Lipinski definition) is 7. The number of benzene rings is 1. The third-order valence-electron chi connectivity index (χ3n) is 9.00. The van der Waals surface area contributed by atoms with E-state index in [1.54, 1.807) is 4.90 Å². The van der Waals surface area contributed by atoms with Crippen LogP contribution in [-0.2, 0) is 29.3 Å². The topological polar surface area (TPSA) is 99.3 Å². The van der Waals surface area contributed by atoms with E-state index in [1.165, 1.54) is 0 Å². The molecule has 1 aromatic rings. The van der Waals surface area contributed by atoms with E-state index in [9.17, 15) is 19.2 Å². The number of carbonyl (C=O) groups is 4. The molecule has 4 fully saturated rings. The molecular weight excluding hydrogens is 484 g/mol. The number of hydrogen-bond donors (Lipinski definition) is 1.